The maximum absolute atomic E-state index is 12.1. The summed E-state index contributed by atoms with van der Waals surface area (Å²) in [4.78, 5) is 37.1. The second kappa shape index (κ2) is 4.14. The van der Waals surface area contributed by atoms with Gasteiger partial charge in [0.05, 0.1) is 16.5 Å². The van der Waals surface area contributed by atoms with Gasteiger partial charge in [0.25, 0.3) is 5.56 Å². The lowest BCUT2D eigenvalue weighted by molar-refractivity contribution is 0.112. The lowest BCUT2D eigenvalue weighted by Gasteiger charge is -2.10. The molecule has 6 nitrogen and oxygen atoms in total. The van der Waals surface area contributed by atoms with E-state index in [4.69, 9.17) is 0 Å². The van der Waals surface area contributed by atoms with E-state index in [2.05, 4.69) is 4.98 Å². The van der Waals surface area contributed by atoms with Gasteiger partial charge in [0.15, 0.2) is 6.29 Å². The molecule has 0 spiro atoms. The number of hydrogen-bond donors (Lipinski definition) is 2. The first-order valence-corrected chi connectivity index (χ1v) is 5.42. The molecule has 1 heterocycles. The second-order valence-corrected chi connectivity index (χ2v) is 4.27. The molecule has 0 bridgehead atoms. The number of benzene rings is 1. The molecular formula is C12H12N2O4. The molecule has 94 valence electrons. The van der Waals surface area contributed by atoms with E-state index in [-0.39, 0.29) is 28.3 Å². The quantitative estimate of drug-likeness (QED) is 0.768. The van der Waals surface area contributed by atoms with Crippen LogP contribution < -0.4 is 11.2 Å². The normalized spacial score (nSPS) is 11.1. The van der Waals surface area contributed by atoms with Crippen LogP contribution in [0, 0.1) is 0 Å². The third-order valence-electron chi connectivity index (χ3n) is 2.72. The minimum Gasteiger partial charge on any atom is -0.507 e. The number of carbonyl (C=O) groups is 1. The Labute approximate surface area is 102 Å². The highest BCUT2D eigenvalue weighted by Crippen LogP contribution is 2.19. The zero-order chi connectivity index (χ0) is 13.4. The van der Waals surface area contributed by atoms with E-state index in [9.17, 15) is 19.5 Å². The molecule has 18 heavy (non-hydrogen) atoms. The van der Waals surface area contributed by atoms with Crippen molar-refractivity contribution in [1.82, 2.24) is 9.55 Å². The lowest BCUT2D eigenvalue weighted by Crippen LogP contribution is -2.36. The van der Waals surface area contributed by atoms with Gasteiger partial charge in [-0.05, 0) is 19.9 Å². The van der Waals surface area contributed by atoms with Crippen molar-refractivity contribution in [2.45, 2.75) is 19.9 Å². The Morgan fingerprint density at radius 2 is 2.00 bits per heavy atom. The van der Waals surface area contributed by atoms with Crippen LogP contribution in [0.2, 0.25) is 0 Å². The first kappa shape index (κ1) is 12.1. The number of H-pyrrole nitrogens is 1. The maximum atomic E-state index is 12.1. The highest BCUT2D eigenvalue weighted by molar-refractivity contribution is 5.89. The van der Waals surface area contributed by atoms with E-state index < -0.39 is 11.2 Å². The van der Waals surface area contributed by atoms with E-state index in [1.54, 1.807) is 13.8 Å². The molecule has 2 aromatic rings. The van der Waals surface area contributed by atoms with Gasteiger partial charge in [-0.1, -0.05) is 0 Å². The number of nitrogens with zero attached hydrogens (tertiary/aromatic N) is 1. The van der Waals surface area contributed by atoms with Crippen molar-refractivity contribution in [3.63, 3.8) is 0 Å². The lowest BCUT2D eigenvalue weighted by atomic mass is 10.1. The topological polar surface area (TPSA) is 92.2 Å². The van der Waals surface area contributed by atoms with Gasteiger partial charge >= 0.3 is 5.69 Å². The molecule has 0 unspecified atom stereocenters. The third-order valence-corrected chi connectivity index (χ3v) is 2.72. The van der Waals surface area contributed by atoms with Crippen LogP contribution in [0.15, 0.2) is 21.7 Å². The van der Waals surface area contributed by atoms with E-state index in [0.29, 0.717) is 6.29 Å². The van der Waals surface area contributed by atoms with Crippen LogP contribution in [-0.4, -0.2) is 20.9 Å². The van der Waals surface area contributed by atoms with Gasteiger partial charge in [-0.2, -0.15) is 0 Å². The monoisotopic (exact) mass is 248 g/mol. The second-order valence-electron chi connectivity index (χ2n) is 4.27. The predicted octanol–water partition coefficient (Wildman–Crippen LogP) is 0.789. The molecule has 0 amide bonds. The Bertz CT molecular complexity index is 740. The van der Waals surface area contributed by atoms with Crippen molar-refractivity contribution < 1.29 is 9.90 Å². The average Bonchev–Trinajstić information content (AvgIpc) is 2.27. The van der Waals surface area contributed by atoms with Gasteiger partial charge in [-0.3, -0.25) is 14.2 Å². The van der Waals surface area contributed by atoms with Gasteiger partial charge in [0.2, 0.25) is 0 Å². The maximum Gasteiger partial charge on any atom is 0.329 e. The number of hydrogen-bond acceptors (Lipinski definition) is 4. The Kier molecular flexibility index (Phi) is 2.78. The highest BCUT2D eigenvalue weighted by atomic mass is 16.3. The molecule has 2 rings (SSSR count). The smallest absolute Gasteiger partial charge is 0.329 e. The van der Waals surface area contributed by atoms with E-state index in [1.165, 1.54) is 12.1 Å². The van der Waals surface area contributed by atoms with Crippen LogP contribution in [0.3, 0.4) is 0 Å². The number of rotatable bonds is 2. The van der Waals surface area contributed by atoms with Crippen molar-refractivity contribution in [1.29, 1.82) is 0 Å². The molecule has 1 aromatic carbocycles. The molecule has 0 radical (unpaired) electrons. The summed E-state index contributed by atoms with van der Waals surface area (Å²) in [6.07, 6.45) is 0.457. The van der Waals surface area contributed by atoms with E-state index in [0.717, 1.165) is 4.57 Å². The van der Waals surface area contributed by atoms with Crippen LogP contribution in [0.25, 0.3) is 10.9 Å². The third kappa shape index (κ3) is 1.71. The Balaban J connectivity index is 2.98. The molecule has 0 saturated heterocycles. The molecule has 6 heteroatoms. The molecule has 0 atom stereocenters. The van der Waals surface area contributed by atoms with Crippen molar-refractivity contribution in [3.8, 4) is 5.75 Å². The Morgan fingerprint density at radius 3 is 2.56 bits per heavy atom. The van der Waals surface area contributed by atoms with Crippen molar-refractivity contribution in [3.05, 3.63) is 38.5 Å². The van der Waals surface area contributed by atoms with Gasteiger partial charge < -0.3 is 10.1 Å². The summed E-state index contributed by atoms with van der Waals surface area (Å²) >= 11 is 0. The van der Waals surface area contributed by atoms with Crippen LogP contribution in [-0.2, 0) is 0 Å². The fourth-order valence-electron chi connectivity index (χ4n) is 1.85. The number of aromatic nitrogens is 2. The van der Waals surface area contributed by atoms with Crippen molar-refractivity contribution in [2.24, 2.45) is 0 Å². The number of aldehydes is 1. The van der Waals surface area contributed by atoms with E-state index >= 15 is 0 Å². The first-order chi connectivity index (χ1) is 8.45. The molecule has 0 fully saturated rings. The molecule has 2 N–H and O–H groups in total. The summed E-state index contributed by atoms with van der Waals surface area (Å²) in [5.74, 6) is -0.269. The molecule has 0 saturated carbocycles. The summed E-state index contributed by atoms with van der Waals surface area (Å²) < 4.78 is 1.06. The Hall–Kier alpha value is -2.37. The predicted molar refractivity (Wildman–Crippen MR) is 66.3 cm³/mol. The fourth-order valence-corrected chi connectivity index (χ4v) is 1.85. The standard InChI is InChI=1S/C12H12N2O4/c1-6(2)14-11(17)8-3-7(5-15)10(16)4-9(8)13-12(14)18/h3-6,16H,1-2H3,(H,13,18). The Morgan fingerprint density at radius 1 is 1.33 bits per heavy atom. The SMILES string of the molecule is CC(C)n1c(=O)[nH]c2cc(O)c(C=O)cc2c1=O. The van der Waals surface area contributed by atoms with Crippen LogP contribution >= 0.6 is 0 Å². The summed E-state index contributed by atoms with van der Waals surface area (Å²) in [6, 6.07) is 2.18. The fraction of sp³-hybridized carbons (Fsp3) is 0.250. The first-order valence-electron chi connectivity index (χ1n) is 5.42. The molecule has 0 aliphatic heterocycles. The van der Waals surface area contributed by atoms with Crippen LogP contribution in [0.1, 0.15) is 30.2 Å². The molecular weight excluding hydrogens is 236 g/mol. The minimum atomic E-state index is -0.541. The van der Waals surface area contributed by atoms with Crippen molar-refractivity contribution >= 4 is 17.2 Å². The number of fused-ring (bicyclic) bond motifs is 1. The van der Waals surface area contributed by atoms with Gasteiger partial charge in [-0.25, -0.2) is 4.79 Å². The molecule has 1 aromatic heterocycles. The summed E-state index contributed by atoms with van der Waals surface area (Å²) in [5.41, 5.74) is -0.792. The minimum absolute atomic E-state index is 0.0157. The zero-order valence-electron chi connectivity index (χ0n) is 9.93. The molecule has 0 aliphatic carbocycles. The van der Waals surface area contributed by atoms with Gasteiger partial charge in [0.1, 0.15) is 5.75 Å². The van der Waals surface area contributed by atoms with Crippen LogP contribution in [0.5, 0.6) is 5.75 Å². The van der Waals surface area contributed by atoms with Crippen LogP contribution in [0.4, 0.5) is 0 Å². The zero-order valence-corrected chi connectivity index (χ0v) is 9.93. The van der Waals surface area contributed by atoms with E-state index in [1.807, 2.05) is 0 Å². The number of nitrogens with one attached hydrogen (secondary N) is 1. The summed E-state index contributed by atoms with van der Waals surface area (Å²) in [7, 11) is 0. The summed E-state index contributed by atoms with van der Waals surface area (Å²) in [6.45, 7) is 3.42. The number of aromatic hydroxyl groups is 1. The van der Waals surface area contributed by atoms with Crippen molar-refractivity contribution in [2.75, 3.05) is 0 Å². The molecule has 0 aliphatic rings. The number of phenols is 1. The average molecular weight is 248 g/mol. The highest BCUT2D eigenvalue weighted by Gasteiger charge is 2.12. The van der Waals surface area contributed by atoms with Gasteiger partial charge in [-0.15, -0.1) is 0 Å². The largest absolute Gasteiger partial charge is 0.507 e. The number of aromatic amines is 1. The number of carbonyl (C=O) groups excluding carboxylic acids is 1. The summed E-state index contributed by atoms with van der Waals surface area (Å²) in [5, 5.41) is 9.70. The number of phenolic OH excluding ortho intramolecular Hbond substituents is 1. The van der Waals surface area contributed by atoms with Gasteiger partial charge in [0, 0.05) is 12.1 Å².